The van der Waals surface area contributed by atoms with Gasteiger partial charge in [-0.15, -0.1) is 0 Å². The van der Waals surface area contributed by atoms with Crippen molar-refractivity contribution in [1.29, 1.82) is 0 Å². The summed E-state index contributed by atoms with van der Waals surface area (Å²) in [6.45, 7) is 1.66. The fourth-order valence-corrected chi connectivity index (χ4v) is 2.25. The monoisotopic (exact) mass is 224 g/mol. The first kappa shape index (κ1) is 11.1. The number of aryl methyl sites for hydroxylation is 1. The van der Waals surface area contributed by atoms with Gasteiger partial charge in [0.1, 0.15) is 0 Å². The zero-order valence-corrected chi connectivity index (χ0v) is 9.27. The fourth-order valence-electron chi connectivity index (χ4n) is 2.25. The highest BCUT2D eigenvalue weighted by Crippen LogP contribution is 2.27. The summed E-state index contributed by atoms with van der Waals surface area (Å²) < 4.78 is 1.46. The van der Waals surface area contributed by atoms with E-state index in [0.717, 1.165) is 25.7 Å². The first-order valence-corrected chi connectivity index (χ1v) is 5.59. The summed E-state index contributed by atoms with van der Waals surface area (Å²) in [4.78, 5) is 25.1. The van der Waals surface area contributed by atoms with Crippen LogP contribution in [0.25, 0.3) is 0 Å². The molecule has 2 rings (SSSR count). The highest BCUT2D eigenvalue weighted by molar-refractivity contribution is 5.02. The van der Waals surface area contributed by atoms with Crippen molar-refractivity contribution in [1.82, 2.24) is 9.55 Å². The van der Waals surface area contributed by atoms with E-state index in [2.05, 4.69) is 4.98 Å². The van der Waals surface area contributed by atoms with Gasteiger partial charge < -0.3 is 5.11 Å². The second-order valence-corrected chi connectivity index (χ2v) is 4.40. The standard InChI is InChI=1S/C11H16N2O3/c1-7-6-13(11(16)12-10(7)15)8-4-2-3-5-9(8)14/h6,8-9,14H,2-5H2,1H3,(H,12,15,16)/t8-,9-/m1/s1. The van der Waals surface area contributed by atoms with Crippen molar-refractivity contribution in [2.75, 3.05) is 0 Å². The SMILES string of the molecule is Cc1cn([C@@H]2CCCC[C@H]2O)c(=O)[nH]c1=O. The Bertz CT molecular complexity index is 489. The molecule has 1 aromatic heterocycles. The van der Waals surface area contributed by atoms with Gasteiger partial charge in [-0.05, 0) is 19.8 Å². The van der Waals surface area contributed by atoms with E-state index < -0.39 is 11.8 Å². The molecule has 2 atom stereocenters. The topological polar surface area (TPSA) is 75.1 Å². The predicted molar refractivity (Wildman–Crippen MR) is 59.6 cm³/mol. The van der Waals surface area contributed by atoms with E-state index in [4.69, 9.17) is 0 Å². The summed E-state index contributed by atoms with van der Waals surface area (Å²) >= 11 is 0. The van der Waals surface area contributed by atoms with Crippen molar-refractivity contribution < 1.29 is 5.11 Å². The van der Waals surface area contributed by atoms with Crippen LogP contribution in [0.5, 0.6) is 0 Å². The van der Waals surface area contributed by atoms with Crippen LogP contribution in [-0.4, -0.2) is 20.8 Å². The summed E-state index contributed by atoms with van der Waals surface area (Å²) in [5, 5.41) is 9.86. The molecule has 2 N–H and O–H groups in total. The Labute approximate surface area is 92.7 Å². The number of aromatic amines is 1. The van der Waals surface area contributed by atoms with E-state index in [-0.39, 0.29) is 11.6 Å². The highest BCUT2D eigenvalue weighted by atomic mass is 16.3. The third kappa shape index (κ3) is 1.95. The van der Waals surface area contributed by atoms with Gasteiger partial charge in [0, 0.05) is 11.8 Å². The van der Waals surface area contributed by atoms with Gasteiger partial charge in [0.2, 0.25) is 0 Å². The van der Waals surface area contributed by atoms with Crippen molar-refractivity contribution in [3.63, 3.8) is 0 Å². The normalized spacial score (nSPS) is 25.6. The Morgan fingerprint density at radius 1 is 1.38 bits per heavy atom. The van der Waals surface area contributed by atoms with Crippen molar-refractivity contribution in [3.05, 3.63) is 32.6 Å². The quantitative estimate of drug-likeness (QED) is 0.721. The minimum Gasteiger partial charge on any atom is -0.391 e. The minimum absolute atomic E-state index is 0.197. The number of hydrogen-bond acceptors (Lipinski definition) is 3. The average Bonchev–Trinajstić information content (AvgIpc) is 2.25. The molecule has 0 aromatic carbocycles. The molecule has 0 saturated heterocycles. The Balaban J connectivity index is 2.43. The summed E-state index contributed by atoms with van der Waals surface area (Å²) in [7, 11) is 0. The maximum atomic E-state index is 11.6. The largest absolute Gasteiger partial charge is 0.391 e. The number of rotatable bonds is 1. The molecule has 0 amide bonds. The van der Waals surface area contributed by atoms with Gasteiger partial charge in [-0.2, -0.15) is 0 Å². The summed E-state index contributed by atoms with van der Waals surface area (Å²) in [6, 6.07) is -0.197. The summed E-state index contributed by atoms with van der Waals surface area (Å²) in [5.74, 6) is 0. The van der Waals surface area contributed by atoms with Gasteiger partial charge in [-0.1, -0.05) is 12.8 Å². The molecule has 88 valence electrons. The third-order valence-corrected chi connectivity index (χ3v) is 3.20. The maximum Gasteiger partial charge on any atom is 0.328 e. The lowest BCUT2D eigenvalue weighted by molar-refractivity contribution is 0.0729. The third-order valence-electron chi connectivity index (χ3n) is 3.20. The zero-order valence-electron chi connectivity index (χ0n) is 9.27. The molecule has 0 spiro atoms. The Kier molecular flexibility index (Phi) is 2.96. The lowest BCUT2D eigenvalue weighted by Gasteiger charge is -2.29. The van der Waals surface area contributed by atoms with Crippen LogP contribution < -0.4 is 11.2 Å². The number of hydrogen-bond donors (Lipinski definition) is 2. The average molecular weight is 224 g/mol. The van der Waals surface area contributed by atoms with Crippen LogP contribution in [-0.2, 0) is 0 Å². The molecule has 1 saturated carbocycles. The molecule has 1 aliphatic rings. The highest BCUT2D eigenvalue weighted by Gasteiger charge is 2.25. The molecule has 0 unspecified atom stereocenters. The molecule has 1 fully saturated rings. The van der Waals surface area contributed by atoms with E-state index in [1.165, 1.54) is 4.57 Å². The number of nitrogens with one attached hydrogen (secondary N) is 1. The van der Waals surface area contributed by atoms with Gasteiger partial charge in [0.15, 0.2) is 0 Å². The maximum absolute atomic E-state index is 11.6. The van der Waals surface area contributed by atoms with Crippen LogP contribution in [0.4, 0.5) is 0 Å². The first-order valence-electron chi connectivity index (χ1n) is 5.59. The van der Waals surface area contributed by atoms with Crippen molar-refractivity contribution in [2.24, 2.45) is 0 Å². The van der Waals surface area contributed by atoms with Gasteiger partial charge in [-0.3, -0.25) is 14.3 Å². The summed E-state index contributed by atoms with van der Waals surface area (Å²) in [5.41, 5.74) is -0.287. The molecule has 5 heteroatoms. The Morgan fingerprint density at radius 2 is 2.06 bits per heavy atom. The fraction of sp³-hybridized carbons (Fsp3) is 0.636. The van der Waals surface area contributed by atoms with Gasteiger partial charge >= 0.3 is 5.69 Å². The molecule has 0 radical (unpaired) electrons. The van der Waals surface area contributed by atoms with E-state index >= 15 is 0 Å². The number of H-pyrrole nitrogens is 1. The smallest absolute Gasteiger partial charge is 0.328 e. The van der Waals surface area contributed by atoms with Crippen LogP contribution in [0.1, 0.15) is 37.3 Å². The predicted octanol–water partition coefficient (Wildman–Crippen LogP) is 0.321. The van der Waals surface area contributed by atoms with E-state index in [1.54, 1.807) is 13.1 Å². The van der Waals surface area contributed by atoms with Crippen molar-refractivity contribution >= 4 is 0 Å². The van der Waals surface area contributed by atoms with Crippen LogP contribution in [0.2, 0.25) is 0 Å². The van der Waals surface area contributed by atoms with Crippen molar-refractivity contribution in [3.8, 4) is 0 Å². The zero-order chi connectivity index (χ0) is 11.7. The molecule has 0 aliphatic heterocycles. The van der Waals surface area contributed by atoms with E-state index in [9.17, 15) is 14.7 Å². The molecular weight excluding hydrogens is 208 g/mol. The van der Waals surface area contributed by atoms with Crippen LogP contribution >= 0.6 is 0 Å². The minimum atomic E-state index is -0.489. The lowest BCUT2D eigenvalue weighted by Crippen LogP contribution is -2.38. The molecule has 1 aliphatic carbocycles. The number of aromatic nitrogens is 2. The van der Waals surface area contributed by atoms with Gasteiger partial charge in [0.05, 0.1) is 12.1 Å². The molecular formula is C11H16N2O3. The molecule has 1 heterocycles. The van der Waals surface area contributed by atoms with Gasteiger partial charge in [-0.25, -0.2) is 4.79 Å². The van der Waals surface area contributed by atoms with E-state index in [0.29, 0.717) is 5.56 Å². The Hall–Kier alpha value is -1.36. The number of aliphatic hydroxyl groups excluding tert-OH is 1. The first-order chi connectivity index (χ1) is 7.59. The van der Waals surface area contributed by atoms with Crippen LogP contribution in [0.15, 0.2) is 15.8 Å². The second kappa shape index (κ2) is 4.25. The molecule has 16 heavy (non-hydrogen) atoms. The van der Waals surface area contributed by atoms with Gasteiger partial charge in [0.25, 0.3) is 5.56 Å². The molecule has 1 aromatic rings. The molecule has 0 bridgehead atoms. The van der Waals surface area contributed by atoms with Crippen LogP contribution in [0.3, 0.4) is 0 Å². The van der Waals surface area contributed by atoms with Crippen LogP contribution in [0, 0.1) is 6.92 Å². The summed E-state index contributed by atoms with van der Waals surface area (Å²) in [6.07, 6.45) is 4.56. The Morgan fingerprint density at radius 3 is 2.75 bits per heavy atom. The number of aliphatic hydroxyl groups is 1. The second-order valence-electron chi connectivity index (χ2n) is 4.40. The number of nitrogens with zero attached hydrogens (tertiary/aromatic N) is 1. The van der Waals surface area contributed by atoms with Crippen molar-refractivity contribution in [2.45, 2.75) is 44.8 Å². The lowest BCUT2D eigenvalue weighted by atomic mass is 9.92. The molecule has 5 nitrogen and oxygen atoms in total. The van der Waals surface area contributed by atoms with E-state index in [1.807, 2.05) is 0 Å².